The maximum absolute atomic E-state index is 13.7. The zero-order chi connectivity index (χ0) is 26.6. The number of carbonyl (C=O) groups excluding carboxylic acids is 1. The van der Waals surface area contributed by atoms with E-state index in [4.69, 9.17) is 0 Å². The number of hydrogen-bond acceptors (Lipinski definition) is 8. The normalized spacial score (nSPS) is 16.5. The van der Waals surface area contributed by atoms with Crippen molar-refractivity contribution >= 4 is 32.7 Å². The first-order chi connectivity index (χ1) is 16.8. The Bertz CT molecular complexity index is 1450. The standard InChI is InChI=1S/C23H25F3N4O5S/c1-12(2)19-17-8-13-7-14(11-31)18(36(4,33)34)9-16(13)29(17)5-6-30(19)22-27-10-15(21(32)35-3)20(28-22)23(24,25)26/h7-10,12,19,31H,5-6,11H2,1-4H3/t19-/m1/s1. The molecule has 1 aliphatic heterocycles. The molecule has 1 atom stereocenters. The second-order valence-corrected chi connectivity index (χ2v) is 11.0. The summed E-state index contributed by atoms with van der Waals surface area (Å²) in [6.45, 7) is 3.91. The molecule has 4 rings (SSSR count). The molecule has 0 spiro atoms. The minimum Gasteiger partial charge on any atom is -0.465 e. The van der Waals surface area contributed by atoms with Gasteiger partial charge in [0.05, 0.1) is 24.7 Å². The zero-order valence-electron chi connectivity index (χ0n) is 20.0. The van der Waals surface area contributed by atoms with Crippen LogP contribution >= 0.6 is 0 Å². The lowest BCUT2D eigenvalue weighted by Gasteiger charge is -2.39. The van der Waals surface area contributed by atoms with E-state index in [1.54, 1.807) is 11.0 Å². The summed E-state index contributed by atoms with van der Waals surface area (Å²) in [5.74, 6) is -1.47. The van der Waals surface area contributed by atoms with Gasteiger partial charge in [-0.25, -0.2) is 23.2 Å². The number of nitrogens with zero attached hydrogens (tertiary/aromatic N) is 4. The van der Waals surface area contributed by atoms with Gasteiger partial charge in [0.1, 0.15) is 5.56 Å². The van der Waals surface area contributed by atoms with E-state index in [2.05, 4.69) is 14.7 Å². The Morgan fingerprint density at radius 2 is 1.94 bits per heavy atom. The van der Waals surface area contributed by atoms with Gasteiger partial charge >= 0.3 is 12.1 Å². The number of alkyl halides is 3. The highest BCUT2D eigenvalue weighted by atomic mass is 32.2. The number of ether oxygens (including phenoxy) is 1. The molecule has 0 amide bonds. The van der Waals surface area contributed by atoms with E-state index < -0.39 is 45.9 Å². The topological polar surface area (TPSA) is 115 Å². The minimum atomic E-state index is -4.90. The Balaban J connectivity index is 1.87. The fourth-order valence-corrected chi connectivity index (χ4v) is 5.67. The molecule has 9 nitrogen and oxygen atoms in total. The Morgan fingerprint density at radius 1 is 1.25 bits per heavy atom. The molecule has 1 aliphatic rings. The SMILES string of the molecule is COC(=O)c1cnc(N2CCn3c(cc4cc(CO)c(S(C)(=O)=O)cc43)[C@H]2C(C)C)nc1C(F)(F)F. The lowest BCUT2D eigenvalue weighted by atomic mass is 9.97. The van der Waals surface area contributed by atoms with Gasteiger partial charge in [-0.2, -0.15) is 13.2 Å². The summed E-state index contributed by atoms with van der Waals surface area (Å²) in [6.07, 6.45) is -3.01. The molecule has 0 fully saturated rings. The summed E-state index contributed by atoms with van der Waals surface area (Å²) < 4.78 is 72.2. The number of rotatable bonds is 5. The average molecular weight is 527 g/mol. The maximum Gasteiger partial charge on any atom is 0.434 e. The van der Waals surface area contributed by atoms with Gasteiger partial charge in [0.25, 0.3) is 0 Å². The largest absolute Gasteiger partial charge is 0.465 e. The van der Waals surface area contributed by atoms with Crippen LogP contribution in [0.2, 0.25) is 0 Å². The summed E-state index contributed by atoms with van der Waals surface area (Å²) in [5, 5.41) is 10.4. The van der Waals surface area contributed by atoms with Crippen molar-refractivity contribution < 1.29 is 36.2 Å². The van der Waals surface area contributed by atoms with Crippen LogP contribution in [0.4, 0.5) is 19.1 Å². The van der Waals surface area contributed by atoms with Crippen molar-refractivity contribution in [2.24, 2.45) is 5.92 Å². The second kappa shape index (κ2) is 9.04. The monoisotopic (exact) mass is 526 g/mol. The van der Waals surface area contributed by atoms with Gasteiger partial charge in [0, 0.05) is 42.1 Å². The summed E-state index contributed by atoms with van der Waals surface area (Å²) in [5.41, 5.74) is -0.493. The van der Waals surface area contributed by atoms with Crippen molar-refractivity contribution in [2.45, 2.75) is 44.1 Å². The van der Waals surface area contributed by atoms with E-state index >= 15 is 0 Å². The summed E-state index contributed by atoms with van der Waals surface area (Å²) in [6, 6.07) is 4.53. The lowest BCUT2D eigenvalue weighted by molar-refractivity contribution is -0.141. The second-order valence-electron chi connectivity index (χ2n) is 8.97. The highest BCUT2D eigenvalue weighted by Crippen LogP contribution is 2.40. The molecule has 0 saturated heterocycles. The molecule has 36 heavy (non-hydrogen) atoms. The quantitative estimate of drug-likeness (QED) is 0.504. The maximum atomic E-state index is 13.7. The van der Waals surface area contributed by atoms with Gasteiger partial charge in [-0.15, -0.1) is 0 Å². The van der Waals surface area contributed by atoms with Crippen LogP contribution in [-0.4, -0.2) is 53.9 Å². The number of benzene rings is 1. The molecular formula is C23H25F3N4O5S. The number of aliphatic hydroxyl groups is 1. The van der Waals surface area contributed by atoms with Crippen molar-refractivity contribution in [3.05, 3.63) is 46.9 Å². The smallest absolute Gasteiger partial charge is 0.434 e. The van der Waals surface area contributed by atoms with Crippen LogP contribution in [0.5, 0.6) is 0 Å². The van der Waals surface area contributed by atoms with Gasteiger partial charge < -0.3 is 19.3 Å². The van der Waals surface area contributed by atoms with Crippen LogP contribution in [0.3, 0.4) is 0 Å². The Labute approximate surface area is 205 Å². The Morgan fingerprint density at radius 3 is 2.50 bits per heavy atom. The van der Waals surface area contributed by atoms with Gasteiger partial charge in [-0.05, 0) is 29.7 Å². The van der Waals surface area contributed by atoms with E-state index in [0.29, 0.717) is 17.4 Å². The predicted molar refractivity (Wildman–Crippen MR) is 124 cm³/mol. The van der Waals surface area contributed by atoms with Crippen LogP contribution in [0.25, 0.3) is 10.9 Å². The fraction of sp³-hybridized carbons (Fsp3) is 0.435. The minimum absolute atomic E-state index is 0.0264. The number of anilines is 1. The van der Waals surface area contributed by atoms with E-state index in [0.717, 1.165) is 25.3 Å². The molecule has 0 radical (unpaired) electrons. The van der Waals surface area contributed by atoms with E-state index in [1.165, 1.54) is 6.07 Å². The van der Waals surface area contributed by atoms with Crippen molar-refractivity contribution in [3.8, 4) is 0 Å². The molecule has 1 aromatic carbocycles. The van der Waals surface area contributed by atoms with Crippen molar-refractivity contribution in [1.82, 2.24) is 14.5 Å². The van der Waals surface area contributed by atoms with E-state index in [1.807, 2.05) is 24.5 Å². The zero-order valence-corrected chi connectivity index (χ0v) is 20.8. The lowest BCUT2D eigenvalue weighted by Crippen LogP contribution is -2.41. The van der Waals surface area contributed by atoms with Crippen LogP contribution in [0.1, 0.15) is 47.2 Å². The first-order valence-corrected chi connectivity index (χ1v) is 12.9. The summed E-state index contributed by atoms with van der Waals surface area (Å²) in [4.78, 5) is 21.4. The molecule has 0 saturated carbocycles. The van der Waals surface area contributed by atoms with Crippen molar-refractivity contribution in [2.75, 3.05) is 24.8 Å². The van der Waals surface area contributed by atoms with Crippen LogP contribution in [-0.2, 0) is 33.9 Å². The first kappa shape index (κ1) is 25.9. The summed E-state index contributed by atoms with van der Waals surface area (Å²) >= 11 is 0. The molecule has 0 bridgehead atoms. The van der Waals surface area contributed by atoms with Gasteiger partial charge in [-0.1, -0.05) is 13.8 Å². The van der Waals surface area contributed by atoms with Crippen LogP contribution in [0, 0.1) is 5.92 Å². The van der Waals surface area contributed by atoms with Crippen LogP contribution in [0.15, 0.2) is 29.3 Å². The number of aromatic nitrogens is 3. The fourth-order valence-electron chi connectivity index (χ4n) is 4.74. The number of methoxy groups -OCH3 is 1. The molecule has 2 aromatic heterocycles. The molecule has 0 unspecified atom stereocenters. The third-order valence-electron chi connectivity index (χ3n) is 6.23. The first-order valence-electron chi connectivity index (χ1n) is 11.0. The highest BCUT2D eigenvalue weighted by Gasteiger charge is 2.40. The molecule has 3 aromatic rings. The number of aliphatic hydroxyl groups excluding tert-OH is 1. The molecule has 13 heteroatoms. The van der Waals surface area contributed by atoms with Gasteiger partial charge in [-0.3, -0.25) is 0 Å². The summed E-state index contributed by atoms with van der Waals surface area (Å²) in [7, 11) is -2.63. The van der Waals surface area contributed by atoms with Crippen LogP contribution < -0.4 is 4.90 Å². The van der Waals surface area contributed by atoms with E-state index in [9.17, 15) is 31.5 Å². The van der Waals surface area contributed by atoms with Crippen molar-refractivity contribution in [1.29, 1.82) is 0 Å². The number of hydrogen-bond donors (Lipinski definition) is 1. The Hall–Kier alpha value is -3.19. The number of fused-ring (bicyclic) bond motifs is 3. The van der Waals surface area contributed by atoms with E-state index in [-0.39, 0.29) is 28.9 Å². The molecule has 0 aliphatic carbocycles. The number of carbonyl (C=O) groups is 1. The third-order valence-corrected chi connectivity index (χ3v) is 7.41. The number of esters is 1. The number of halogens is 3. The number of sulfone groups is 1. The highest BCUT2D eigenvalue weighted by molar-refractivity contribution is 7.90. The molecule has 194 valence electrons. The average Bonchev–Trinajstić information content (AvgIpc) is 3.17. The molecule has 3 heterocycles. The molecular weight excluding hydrogens is 501 g/mol. The third kappa shape index (κ3) is 4.41. The predicted octanol–water partition coefficient (Wildman–Crippen LogP) is 3.35. The Kier molecular flexibility index (Phi) is 6.50. The van der Waals surface area contributed by atoms with Gasteiger partial charge in [0.2, 0.25) is 5.95 Å². The van der Waals surface area contributed by atoms with Crippen molar-refractivity contribution in [3.63, 3.8) is 0 Å². The molecule has 1 N–H and O–H groups in total. The van der Waals surface area contributed by atoms with Gasteiger partial charge in [0.15, 0.2) is 15.5 Å².